The van der Waals surface area contributed by atoms with Gasteiger partial charge in [0.1, 0.15) is 0 Å². The number of hydrogen-bond donors (Lipinski definition) is 1. The lowest BCUT2D eigenvalue weighted by atomic mass is 10.0. The number of primary sulfonamides is 1. The number of sulfonamides is 1. The molecule has 3 aromatic rings. The third-order valence-electron chi connectivity index (χ3n) is 3.17. The van der Waals surface area contributed by atoms with E-state index < -0.39 is 10.0 Å². The summed E-state index contributed by atoms with van der Waals surface area (Å²) < 4.78 is 28.1. The van der Waals surface area contributed by atoms with Crippen LogP contribution in [0.2, 0.25) is 0 Å². The van der Waals surface area contributed by atoms with Crippen molar-refractivity contribution in [1.82, 2.24) is 4.98 Å². The standard InChI is InChI=1S/C14H12N2O3S/c1-9-4-5-11(13-10(9)3-2-7-16-13)12-6-8-19-14(12)20(15,17)18/h2-8H,1H3,(H2,15,17,18). The second-order valence-corrected chi connectivity index (χ2v) is 5.96. The molecule has 0 aliphatic heterocycles. The van der Waals surface area contributed by atoms with Gasteiger partial charge in [0, 0.05) is 22.7 Å². The van der Waals surface area contributed by atoms with E-state index >= 15 is 0 Å². The number of nitrogens with two attached hydrogens (primary N) is 1. The minimum atomic E-state index is -3.91. The first kappa shape index (κ1) is 12.8. The van der Waals surface area contributed by atoms with Crippen molar-refractivity contribution >= 4 is 20.9 Å². The summed E-state index contributed by atoms with van der Waals surface area (Å²) in [4.78, 5) is 4.34. The second kappa shape index (κ2) is 4.43. The van der Waals surface area contributed by atoms with E-state index in [0.29, 0.717) is 11.1 Å². The molecule has 0 saturated heterocycles. The topological polar surface area (TPSA) is 86.2 Å². The minimum Gasteiger partial charge on any atom is -0.451 e. The number of aryl methyl sites for hydroxylation is 1. The van der Waals surface area contributed by atoms with Crippen LogP contribution in [0.25, 0.3) is 22.0 Å². The molecule has 0 bridgehead atoms. The summed E-state index contributed by atoms with van der Waals surface area (Å²) in [5.41, 5.74) is 2.90. The van der Waals surface area contributed by atoms with Crippen LogP contribution in [-0.4, -0.2) is 13.4 Å². The van der Waals surface area contributed by atoms with E-state index in [2.05, 4.69) is 4.98 Å². The maximum absolute atomic E-state index is 11.6. The zero-order chi connectivity index (χ0) is 14.3. The van der Waals surface area contributed by atoms with E-state index in [1.807, 2.05) is 31.2 Å². The average Bonchev–Trinajstić information content (AvgIpc) is 2.89. The van der Waals surface area contributed by atoms with Crippen LogP contribution in [0.4, 0.5) is 0 Å². The highest BCUT2D eigenvalue weighted by molar-refractivity contribution is 7.89. The van der Waals surface area contributed by atoms with Crippen molar-refractivity contribution in [1.29, 1.82) is 0 Å². The van der Waals surface area contributed by atoms with Gasteiger partial charge >= 0.3 is 0 Å². The average molecular weight is 288 g/mol. The predicted molar refractivity (Wildman–Crippen MR) is 75.6 cm³/mol. The molecular weight excluding hydrogens is 276 g/mol. The van der Waals surface area contributed by atoms with E-state index in [4.69, 9.17) is 9.56 Å². The van der Waals surface area contributed by atoms with Crippen molar-refractivity contribution in [2.75, 3.05) is 0 Å². The molecule has 2 heterocycles. The van der Waals surface area contributed by atoms with Crippen LogP contribution in [0.5, 0.6) is 0 Å². The quantitative estimate of drug-likeness (QED) is 0.784. The van der Waals surface area contributed by atoms with Crippen molar-refractivity contribution in [2.45, 2.75) is 12.0 Å². The van der Waals surface area contributed by atoms with Crippen molar-refractivity contribution < 1.29 is 12.8 Å². The SMILES string of the molecule is Cc1ccc(-c2ccoc2S(N)(=O)=O)c2ncccc12. The maximum Gasteiger partial charge on any atom is 0.272 e. The summed E-state index contributed by atoms with van der Waals surface area (Å²) >= 11 is 0. The van der Waals surface area contributed by atoms with Crippen molar-refractivity contribution in [3.05, 3.63) is 48.4 Å². The Morgan fingerprint density at radius 3 is 2.70 bits per heavy atom. The summed E-state index contributed by atoms with van der Waals surface area (Å²) in [5.74, 6) is 0. The van der Waals surface area contributed by atoms with E-state index in [-0.39, 0.29) is 5.09 Å². The molecule has 0 radical (unpaired) electrons. The fraction of sp³-hybridized carbons (Fsp3) is 0.0714. The molecular formula is C14H12N2O3S. The lowest BCUT2D eigenvalue weighted by Crippen LogP contribution is -2.12. The third-order valence-corrected chi connectivity index (χ3v) is 4.00. The molecule has 20 heavy (non-hydrogen) atoms. The van der Waals surface area contributed by atoms with Crippen LogP contribution in [-0.2, 0) is 10.0 Å². The number of rotatable bonds is 2. The monoisotopic (exact) mass is 288 g/mol. The smallest absolute Gasteiger partial charge is 0.272 e. The number of pyridine rings is 1. The van der Waals surface area contributed by atoms with E-state index in [0.717, 1.165) is 16.5 Å². The minimum absolute atomic E-state index is 0.242. The van der Waals surface area contributed by atoms with Crippen LogP contribution in [0, 0.1) is 6.92 Å². The Kier molecular flexibility index (Phi) is 2.84. The Balaban J connectivity index is 2.38. The highest BCUT2D eigenvalue weighted by atomic mass is 32.2. The van der Waals surface area contributed by atoms with Gasteiger partial charge in [-0.25, -0.2) is 13.6 Å². The highest BCUT2D eigenvalue weighted by Gasteiger charge is 2.21. The molecule has 6 heteroatoms. The van der Waals surface area contributed by atoms with Gasteiger partial charge in [-0.1, -0.05) is 18.2 Å². The normalized spacial score (nSPS) is 11.9. The molecule has 1 aromatic carbocycles. The van der Waals surface area contributed by atoms with E-state index in [9.17, 15) is 8.42 Å². The molecule has 0 spiro atoms. The van der Waals surface area contributed by atoms with Gasteiger partial charge in [-0.2, -0.15) is 0 Å². The molecule has 102 valence electrons. The van der Waals surface area contributed by atoms with Crippen LogP contribution >= 0.6 is 0 Å². The molecule has 0 atom stereocenters. The van der Waals surface area contributed by atoms with Crippen molar-refractivity contribution in [3.8, 4) is 11.1 Å². The van der Waals surface area contributed by atoms with Gasteiger partial charge in [-0.05, 0) is 24.6 Å². The van der Waals surface area contributed by atoms with Gasteiger partial charge in [-0.15, -0.1) is 0 Å². The first-order chi connectivity index (χ1) is 9.48. The summed E-state index contributed by atoms with van der Waals surface area (Å²) in [7, 11) is -3.91. The third kappa shape index (κ3) is 1.99. The van der Waals surface area contributed by atoms with Crippen molar-refractivity contribution in [3.63, 3.8) is 0 Å². The van der Waals surface area contributed by atoms with Crippen LogP contribution in [0.3, 0.4) is 0 Å². The van der Waals surface area contributed by atoms with Crippen LogP contribution in [0.1, 0.15) is 5.56 Å². The Labute approximate surface area is 116 Å². The maximum atomic E-state index is 11.6. The number of nitrogens with zero attached hydrogens (tertiary/aromatic N) is 1. The summed E-state index contributed by atoms with van der Waals surface area (Å²) in [6.45, 7) is 1.98. The van der Waals surface area contributed by atoms with Gasteiger partial charge in [0.25, 0.3) is 10.0 Å². The summed E-state index contributed by atoms with van der Waals surface area (Å²) in [6.07, 6.45) is 2.98. The number of aromatic nitrogens is 1. The number of fused-ring (bicyclic) bond motifs is 1. The van der Waals surface area contributed by atoms with Gasteiger partial charge in [0.15, 0.2) is 0 Å². The molecule has 5 nitrogen and oxygen atoms in total. The lowest BCUT2D eigenvalue weighted by molar-refractivity contribution is 0.452. The van der Waals surface area contributed by atoms with Gasteiger partial charge in [0.2, 0.25) is 5.09 Å². The second-order valence-electron chi connectivity index (χ2n) is 4.50. The van der Waals surface area contributed by atoms with Crippen molar-refractivity contribution in [2.24, 2.45) is 5.14 Å². The largest absolute Gasteiger partial charge is 0.451 e. The molecule has 2 aromatic heterocycles. The first-order valence-electron chi connectivity index (χ1n) is 5.93. The number of hydrogen-bond acceptors (Lipinski definition) is 4. The Morgan fingerprint density at radius 2 is 1.95 bits per heavy atom. The molecule has 2 N–H and O–H groups in total. The zero-order valence-electron chi connectivity index (χ0n) is 10.7. The van der Waals surface area contributed by atoms with Gasteiger partial charge < -0.3 is 4.42 Å². The first-order valence-corrected chi connectivity index (χ1v) is 7.48. The van der Waals surface area contributed by atoms with Gasteiger partial charge in [0.05, 0.1) is 11.8 Å². The Hall–Kier alpha value is -2.18. The fourth-order valence-corrected chi connectivity index (χ4v) is 2.92. The zero-order valence-corrected chi connectivity index (χ0v) is 11.5. The molecule has 0 aliphatic carbocycles. The molecule has 3 rings (SSSR count). The lowest BCUT2D eigenvalue weighted by Gasteiger charge is -2.07. The van der Waals surface area contributed by atoms with Crippen LogP contribution < -0.4 is 5.14 Å². The summed E-state index contributed by atoms with van der Waals surface area (Å²) in [5, 5.41) is 5.89. The molecule has 0 fully saturated rings. The predicted octanol–water partition coefficient (Wildman–Crippen LogP) is 2.45. The number of benzene rings is 1. The number of furan rings is 1. The molecule has 0 amide bonds. The molecule has 0 saturated carbocycles. The van der Waals surface area contributed by atoms with E-state index in [1.54, 1.807) is 12.3 Å². The summed E-state index contributed by atoms with van der Waals surface area (Å²) in [6, 6.07) is 9.11. The molecule has 0 aliphatic rings. The van der Waals surface area contributed by atoms with Crippen LogP contribution in [0.15, 0.2) is 52.3 Å². The molecule has 0 unspecified atom stereocenters. The Bertz CT molecular complexity index is 898. The van der Waals surface area contributed by atoms with E-state index in [1.165, 1.54) is 6.26 Å². The highest BCUT2D eigenvalue weighted by Crippen LogP contribution is 2.33. The van der Waals surface area contributed by atoms with Gasteiger partial charge in [-0.3, -0.25) is 4.98 Å². The Morgan fingerprint density at radius 1 is 1.15 bits per heavy atom. The fourth-order valence-electron chi connectivity index (χ4n) is 2.25.